The molecule has 2 aromatic rings. The SMILES string of the molecule is O=C1C(Cl)C(c2ccc(Cl)cc2)C1c1ccc(I)cc1. The van der Waals surface area contributed by atoms with E-state index in [1.54, 1.807) is 0 Å². The topological polar surface area (TPSA) is 17.1 Å². The van der Waals surface area contributed by atoms with Crippen LogP contribution in [0.2, 0.25) is 5.02 Å². The number of hydrogen-bond acceptors (Lipinski definition) is 1. The number of rotatable bonds is 2. The molecule has 0 bridgehead atoms. The smallest absolute Gasteiger partial charge is 0.159 e. The molecule has 0 N–H and O–H groups in total. The zero-order valence-electron chi connectivity index (χ0n) is 10.4. The summed E-state index contributed by atoms with van der Waals surface area (Å²) in [5, 5.41) is 0.247. The summed E-state index contributed by atoms with van der Waals surface area (Å²) in [5.41, 5.74) is 2.10. The van der Waals surface area contributed by atoms with Crippen molar-refractivity contribution in [1.29, 1.82) is 0 Å². The highest BCUT2D eigenvalue weighted by atomic mass is 127. The zero-order valence-corrected chi connectivity index (χ0v) is 14.1. The Morgan fingerprint density at radius 2 is 1.45 bits per heavy atom. The minimum absolute atomic E-state index is 0.0292. The van der Waals surface area contributed by atoms with Gasteiger partial charge in [-0.2, -0.15) is 0 Å². The molecule has 1 aliphatic rings. The fourth-order valence-electron chi connectivity index (χ4n) is 2.66. The number of ketones is 1. The Kier molecular flexibility index (Phi) is 4.07. The maximum atomic E-state index is 12.1. The van der Waals surface area contributed by atoms with E-state index in [2.05, 4.69) is 22.6 Å². The van der Waals surface area contributed by atoms with Crippen molar-refractivity contribution >= 4 is 51.6 Å². The van der Waals surface area contributed by atoms with E-state index in [4.69, 9.17) is 23.2 Å². The number of alkyl halides is 1. The molecule has 3 unspecified atom stereocenters. The molecule has 4 heteroatoms. The number of benzene rings is 2. The van der Waals surface area contributed by atoms with Gasteiger partial charge in [0.25, 0.3) is 0 Å². The van der Waals surface area contributed by atoms with Crippen molar-refractivity contribution in [2.45, 2.75) is 17.2 Å². The second kappa shape index (κ2) is 5.66. The molecule has 20 heavy (non-hydrogen) atoms. The van der Waals surface area contributed by atoms with E-state index in [1.165, 1.54) is 0 Å². The summed E-state index contributed by atoms with van der Waals surface area (Å²) < 4.78 is 1.16. The summed E-state index contributed by atoms with van der Waals surface area (Å²) >= 11 is 14.4. The van der Waals surface area contributed by atoms with Gasteiger partial charge in [-0.3, -0.25) is 4.79 Å². The Labute approximate surface area is 141 Å². The fraction of sp³-hybridized carbons (Fsp3) is 0.188. The maximum absolute atomic E-state index is 12.1. The van der Waals surface area contributed by atoms with Gasteiger partial charge in [0.15, 0.2) is 5.78 Å². The van der Waals surface area contributed by atoms with Crippen LogP contribution in [-0.2, 0) is 4.79 Å². The van der Waals surface area contributed by atoms with Crippen molar-refractivity contribution in [3.05, 3.63) is 68.3 Å². The third kappa shape index (κ3) is 2.49. The fourth-order valence-corrected chi connectivity index (χ4v) is 3.58. The lowest BCUT2D eigenvalue weighted by atomic mass is 9.65. The predicted octanol–water partition coefficient (Wildman–Crippen LogP) is 5.00. The van der Waals surface area contributed by atoms with Crippen LogP contribution in [0.3, 0.4) is 0 Å². The second-order valence-corrected chi connectivity index (χ2v) is 7.06. The lowest BCUT2D eigenvalue weighted by molar-refractivity contribution is -0.126. The quantitative estimate of drug-likeness (QED) is 0.497. The van der Waals surface area contributed by atoms with Crippen molar-refractivity contribution in [2.24, 2.45) is 0 Å². The van der Waals surface area contributed by atoms with Crippen LogP contribution in [0, 0.1) is 3.57 Å². The first-order valence-electron chi connectivity index (χ1n) is 6.26. The molecule has 3 atom stereocenters. The summed E-state index contributed by atoms with van der Waals surface area (Å²) in [5.74, 6) is -0.00926. The van der Waals surface area contributed by atoms with Gasteiger partial charge in [-0.1, -0.05) is 35.9 Å². The Hall–Kier alpha value is -0.580. The summed E-state index contributed by atoms with van der Waals surface area (Å²) in [6.07, 6.45) is 0. The molecule has 2 aromatic carbocycles. The molecule has 0 heterocycles. The highest BCUT2D eigenvalue weighted by Gasteiger charge is 2.49. The van der Waals surface area contributed by atoms with Gasteiger partial charge in [0.2, 0.25) is 0 Å². The van der Waals surface area contributed by atoms with Crippen molar-refractivity contribution in [3.8, 4) is 0 Å². The van der Waals surface area contributed by atoms with Gasteiger partial charge in [-0.25, -0.2) is 0 Å². The lowest BCUT2D eigenvalue weighted by Gasteiger charge is -2.40. The van der Waals surface area contributed by atoms with E-state index in [-0.39, 0.29) is 17.6 Å². The molecular formula is C16H11Cl2IO. The molecule has 0 radical (unpaired) electrons. The molecule has 102 valence electrons. The Morgan fingerprint density at radius 1 is 0.900 bits per heavy atom. The number of carbonyl (C=O) groups is 1. The van der Waals surface area contributed by atoms with E-state index < -0.39 is 5.38 Å². The average molecular weight is 417 g/mol. The molecule has 3 rings (SSSR count). The average Bonchev–Trinajstić information content (AvgIpc) is 2.46. The van der Waals surface area contributed by atoms with Gasteiger partial charge in [0.05, 0.1) is 5.92 Å². The van der Waals surface area contributed by atoms with Crippen LogP contribution in [0.15, 0.2) is 48.5 Å². The molecular weight excluding hydrogens is 406 g/mol. The van der Waals surface area contributed by atoms with Gasteiger partial charge in [-0.05, 0) is 58.0 Å². The first-order chi connectivity index (χ1) is 9.58. The highest BCUT2D eigenvalue weighted by Crippen LogP contribution is 2.49. The third-order valence-electron chi connectivity index (χ3n) is 3.74. The van der Waals surface area contributed by atoms with Crippen LogP contribution in [-0.4, -0.2) is 11.2 Å². The van der Waals surface area contributed by atoms with Crippen LogP contribution >= 0.6 is 45.8 Å². The van der Waals surface area contributed by atoms with Crippen LogP contribution in [0.1, 0.15) is 23.0 Å². The van der Waals surface area contributed by atoms with Gasteiger partial charge >= 0.3 is 0 Å². The predicted molar refractivity (Wildman–Crippen MR) is 90.7 cm³/mol. The number of carbonyl (C=O) groups excluding carboxylic acids is 1. The van der Waals surface area contributed by atoms with Crippen LogP contribution in [0.5, 0.6) is 0 Å². The summed E-state index contributed by atoms with van der Waals surface area (Å²) in [6.45, 7) is 0. The van der Waals surface area contributed by atoms with E-state index in [0.717, 1.165) is 14.7 Å². The summed E-state index contributed by atoms with van der Waals surface area (Å²) in [7, 11) is 0. The van der Waals surface area contributed by atoms with Gasteiger partial charge < -0.3 is 0 Å². The lowest BCUT2D eigenvalue weighted by Crippen LogP contribution is -2.45. The minimum Gasteiger partial charge on any atom is -0.297 e. The molecule has 1 saturated carbocycles. The number of hydrogen-bond donors (Lipinski definition) is 0. The van der Waals surface area contributed by atoms with Crippen LogP contribution in [0.4, 0.5) is 0 Å². The molecule has 1 aliphatic carbocycles. The van der Waals surface area contributed by atoms with Crippen LogP contribution in [0.25, 0.3) is 0 Å². The van der Waals surface area contributed by atoms with Crippen molar-refractivity contribution in [3.63, 3.8) is 0 Å². The van der Waals surface area contributed by atoms with E-state index >= 15 is 0 Å². The molecule has 1 fully saturated rings. The van der Waals surface area contributed by atoms with Gasteiger partial charge in [0.1, 0.15) is 5.38 Å². The highest BCUT2D eigenvalue weighted by molar-refractivity contribution is 14.1. The first-order valence-corrected chi connectivity index (χ1v) is 8.16. The normalized spacial score (nSPS) is 25.4. The molecule has 0 aliphatic heterocycles. The van der Waals surface area contributed by atoms with E-state index in [1.807, 2.05) is 48.5 Å². The third-order valence-corrected chi connectivity index (χ3v) is 5.19. The largest absolute Gasteiger partial charge is 0.297 e. The first kappa shape index (κ1) is 14.4. The Balaban J connectivity index is 1.95. The number of halogens is 3. The molecule has 0 spiro atoms. The van der Waals surface area contributed by atoms with Crippen molar-refractivity contribution in [2.75, 3.05) is 0 Å². The minimum atomic E-state index is -0.444. The van der Waals surface area contributed by atoms with Gasteiger partial charge in [-0.15, -0.1) is 11.6 Å². The molecule has 1 nitrogen and oxygen atoms in total. The standard InChI is InChI=1S/C16H11Cl2IO/c17-11-5-1-9(2-6-11)13-14(16(20)15(13)18)10-3-7-12(19)8-4-10/h1-8,13-15H. The maximum Gasteiger partial charge on any atom is 0.159 e. The second-order valence-electron chi connectivity index (χ2n) is 4.91. The molecule has 0 amide bonds. The summed E-state index contributed by atoms with van der Waals surface area (Å²) in [6, 6.07) is 15.6. The summed E-state index contributed by atoms with van der Waals surface area (Å²) in [4.78, 5) is 12.1. The van der Waals surface area contributed by atoms with Crippen molar-refractivity contribution in [1.82, 2.24) is 0 Å². The zero-order chi connectivity index (χ0) is 14.3. The van der Waals surface area contributed by atoms with Crippen LogP contribution < -0.4 is 0 Å². The monoisotopic (exact) mass is 416 g/mol. The Bertz CT molecular complexity index is 637. The van der Waals surface area contributed by atoms with E-state index in [0.29, 0.717) is 5.02 Å². The Morgan fingerprint density at radius 3 is 2.05 bits per heavy atom. The van der Waals surface area contributed by atoms with E-state index in [9.17, 15) is 4.79 Å². The van der Waals surface area contributed by atoms with Crippen molar-refractivity contribution < 1.29 is 4.79 Å². The molecule has 0 saturated heterocycles. The van der Waals surface area contributed by atoms with Gasteiger partial charge in [0, 0.05) is 14.5 Å². The molecule has 0 aromatic heterocycles. The number of Topliss-reactive ketones (excluding diaryl/α,β-unsaturated/α-hetero) is 1.